The number of nitrogens with zero attached hydrogens (tertiary/aromatic N) is 1. The summed E-state index contributed by atoms with van der Waals surface area (Å²) in [5.41, 5.74) is -0.494. The van der Waals surface area contributed by atoms with Gasteiger partial charge in [0.1, 0.15) is 6.04 Å². The zero-order chi connectivity index (χ0) is 19.7. The maximum Gasteiger partial charge on any atom is 0.338 e. The van der Waals surface area contributed by atoms with E-state index in [2.05, 4.69) is 10.6 Å². The van der Waals surface area contributed by atoms with Gasteiger partial charge in [-0.15, -0.1) is 0 Å². The summed E-state index contributed by atoms with van der Waals surface area (Å²) in [6.07, 6.45) is 0.762. The number of methoxy groups -OCH3 is 1. The Labute approximate surface area is 150 Å². The first-order valence-electron chi connectivity index (χ1n) is 7.86. The summed E-state index contributed by atoms with van der Waals surface area (Å²) in [4.78, 5) is 45.6. The van der Waals surface area contributed by atoms with Crippen molar-refractivity contribution in [1.29, 1.82) is 0 Å². The number of rotatable bonds is 9. The van der Waals surface area contributed by atoms with Crippen molar-refractivity contribution in [1.82, 2.24) is 10.6 Å². The van der Waals surface area contributed by atoms with Crippen LogP contribution in [0.15, 0.2) is 18.2 Å². The number of carbonyl (C=O) groups excluding carboxylic acids is 3. The van der Waals surface area contributed by atoms with E-state index in [1.165, 1.54) is 26.2 Å². The first kappa shape index (κ1) is 20.9. The van der Waals surface area contributed by atoms with Gasteiger partial charge in [-0.05, 0) is 25.5 Å². The molecule has 1 rings (SSSR count). The van der Waals surface area contributed by atoms with Crippen molar-refractivity contribution >= 4 is 23.5 Å². The normalized spacial score (nSPS) is 11.2. The van der Waals surface area contributed by atoms with Gasteiger partial charge in [-0.2, -0.15) is 0 Å². The van der Waals surface area contributed by atoms with Crippen LogP contribution in [0, 0.1) is 10.1 Å². The van der Waals surface area contributed by atoms with Crippen LogP contribution in [0.4, 0.5) is 5.69 Å². The Balaban J connectivity index is 2.61. The van der Waals surface area contributed by atoms with Gasteiger partial charge in [-0.3, -0.25) is 19.7 Å². The molecule has 10 heteroatoms. The summed E-state index contributed by atoms with van der Waals surface area (Å²) in [6.45, 7) is 3.26. The van der Waals surface area contributed by atoms with Gasteiger partial charge < -0.3 is 20.1 Å². The molecule has 0 fully saturated rings. The molecule has 0 aliphatic rings. The average Bonchev–Trinajstić information content (AvgIpc) is 2.63. The van der Waals surface area contributed by atoms with Gasteiger partial charge in [0.25, 0.3) is 5.91 Å². The number of esters is 1. The Morgan fingerprint density at radius 2 is 2.00 bits per heavy atom. The number of ether oxygens (including phenoxy) is 2. The van der Waals surface area contributed by atoms with Crippen molar-refractivity contribution in [3.8, 4) is 5.75 Å². The van der Waals surface area contributed by atoms with E-state index in [0.29, 0.717) is 6.54 Å². The molecule has 0 bridgehead atoms. The first-order valence-corrected chi connectivity index (χ1v) is 7.86. The lowest BCUT2D eigenvalue weighted by Gasteiger charge is -2.13. The van der Waals surface area contributed by atoms with Gasteiger partial charge >= 0.3 is 11.7 Å². The van der Waals surface area contributed by atoms with Gasteiger partial charge in [0.15, 0.2) is 12.4 Å². The van der Waals surface area contributed by atoms with Crippen molar-refractivity contribution in [2.24, 2.45) is 0 Å². The van der Waals surface area contributed by atoms with E-state index in [0.717, 1.165) is 12.5 Å². The molecule has 1 aromatic rings. The molecule has 0 heterocycles. The number of benzene rings is 1. The van der Waals surface area contributed by atoms with Crippen LogP contribution in [-0.4, -0.2) is 49.0 Å². The summed E-state index contributed by atoms with van der Waals surface area (Å²) in [6, 6.07) is 2.76. The van der Waals surface area contributed by atoms with E-state index >= 15 is 0 Å². The average molecular weight is 367 g/mol. The zero-order valence-corrected chi connectivity index (χ0v) is 14.7. The molecule has 0 aliphatic carbocycles. The maximum absolute atomic E-state index is 11.9. The molecule has 0 unspecified atom stereocenters. The van der Waals surface area contributed by atoms with Crippen molar-refractivity contribution < 1.29 is 28.8 Å². The Bertz CT molecular complexity index is 690. The third-order valence-electron chi connectivity index (χ3n) is 3.27. The molecule has 2 amide bonds. The predicted octanol–water partition coefficient (Wildman–Crippen LogP) is 0.791. The second-order valence-corrected chi connectivity index (χ2v) is 5.30. The molecule has 26 heavy (non-hydrogen) atoms. The highest BCUT2D eigenvalue weighted by molar-refractivity contribution is 5.93. The Morgan fingerprint density at radius 1 is 1.31 bits per heavy atom. The van der Waals surface area contributed by atoms with Gasteiger partial charge in [-0.1, -0.05) is 6.92 Å². The van der Waals surface area contributed by atoms with Crippen LogP contribution >= 0.6 is 0 Å². The molecule has 0 spiro atoms. The fourth-order valence-corrected chi connectivity index (χ4v) is 1.92. The smallest absolute Gasteiger partial charge is 0.338 e. The summed E-state index contributed by atoms with van der Waals surface area (Å²) in [7, 11) is 1.27. The molecular weight excluding hydrogens is 346 g/mol. The molecule has 1 aromatic carbocycles. The SMILES string of the molecule is CCCNC(=O)[C@@H](C)NC(=O)COC(=O)c1ccc(OC)c([N+](=O)[O-])c1. The second kappa shape index (κ2) is 9.97. The van der Waals surface area contributed by atoms with E-state index in [1.54, 1.807) is 0 Å². The van der Waals surface area contributed by atoms with Gasteiger partial charge in [0, 0.05) is 12.6 Å². The van der Waals surface area contributed by atoms with Crippen LogP contribution < -0.4 is 15.4 Å². The number of nitrogens with one attached hydrogen (secondary N) is 2. The topological polar surface area (TPSA) is 137 Å². The highest BCUT2D eigenvalue weighted by Crippen LogP contribution is 2.27. The highest BCUT2D eigenvalue weighted by atomic mass is 16.6. The lowest BCUT2D eigenvalue weighted by atomic mass is 10.2. The minimum Gasteiger partial charge on any atom is -0.490 e. The number of nitro benzene ring substituents is 1. The van der Waals surface area contributed by atoms with E-state index in [4.69, 9.17) is 9.47 Å². The number of amides is 2. The zero-order valence-electron chi connectivity index (χ0n) is 14.7. The molecule has 0 aromatic heterocycles. The van der Waals surface area contributed by atoms with Crippen molar-refractivity contribution in [2.75, 3.05) is 20.3 Å². The molecule has 0 saturated heterocycles. The van der Waals surface area contributed by atoms with Gasteiger partial charge in [-0.25, -0.2) is 4.79 Å². The molecule has 0 radical (unpaired) electrons. The summed E-state index contributed by atoms with van der Waals surface area (Å²) in [5.74, 6) is -1.93. The monoisotopic (exact) mass is 367 g/mol. The number of hydrogen-bond acceptors (Lipinski definition) is 7. The Hall–Kier alpha value is -3.17. The quantitative estimate of drug-likeness (QED) is 0.374. The minimum absolute atomic E-state index is 0.00351. The summed E-state index contributed by atoms with van der Waals surface area (Å²) < 4.78 is 9.65. The minimum atomic E-state index is -0.908. The largest absolute Gasteiger partial charge is 0.490 e. The van der Waals surface area contributed by atoms with Crippen molar-refractivity contribution in [2.45, 2.75) is 26.3 Å². The van der Waals surface area contributed by atoms with E-state index < -0.39 is 35.1 Å². The van der Waals surface area contributed by atoms with Crippen LogP contribution in [0.1, 0.15) is 30.6 Å². The number of hydrogen-bond donors (Lipinski definition) is 2. The van der Waals surface area contributed by atoms with E-state index in [-0.39, 0.29) is 17.2 Å². The van der Waals surface area contributed by atoms with Crippen LogP contribution in [-0.2, 0) is 14.3 Å². The molecule has 0 saturated carbocycles. The Morgan fingerprint density at radius 3 is 2.58 bits per heavy atom. The molecule has 1 atom stereocenters. The Kier molecular flexibility index (Phi) is 8.00. The third-order valence-corrected chi connectivity index (χ3v) is 3.27. The fraction of sp³-hybridized carbons (Fsp3) is 0.438. The van der Waals surface area contributed by atoms with Gasteiger partial charge in [0.05, 0.1) is 17.6 Å². The molecule has 10 nitrogen and oxygen atoms in total. The molecule has 2 N–H and O–H groups in total. The highest BCUT2D eigenvalue weighted by Gasteiger charge is 2.20. The molecular formula is C16H21N3O7. The lowest BCUT2D eigenvalue weighted by molar-refractivity contribution is -0.385. The van der Waals surface area contributed by atoms with Gasteiger partial charge in [0.2, 0.25) is 5.91 Å². The van der Waals surface area contributed by atoms with Crippen LogP contribution in [0.25, 0.3) is 0 Å². The van der Waals surface area contributed by atoms with Crippen LogP contribution in [0.2, 0.25) is 0 Å². The predicted molar refractivity (Wildman–Crippen MR) is 90.8 cm³/mol. The van der Waals surface area contributed by atoms with E-state index in [1.807, 2.05) is 6.92 Å². The standard InChI is InChI=1S/C16H21N3O7/c1-4-7-17-15(21)10(2)18-14(20)9-26-16(22)11-5-6-13(25-3)12(8-11)19(23)24/h5-6,8,10H,4,7,9H2,1-3H3,(H,17,21)(H,18,20)/t10-/m1/s1. The number of nitro groups is 1. The van der Waals surface area contributed by atoms with Crippen LogP contribution in [0.5, 0.6) is 5.75 Å². The maximum atomic E-state index is 11.9. The summed E-state index contributed by atoms with van der Waals surface area (Å²) >= 11 is 0. The second-order valence-electron chi connectivity index (χ2n) is 5.30. The molecule has 0 aliphatic heterocycles. The van der Waals surface area contributed by atoms with Crippen LogP contribution in [0.3, 0.4) is 0 Å². The first-order chi connectivity index (χ1) is 12.3. The van der Waals surface area contributed by atoms with E-state index in [9.17, 15) is 24.5 Å². The van der Waals surface area contributed by atoms with Crippen molar-refractivity contribution in [3.05, 3.63) is 33.9 Å². The van der Waals surface area contributed by atoms with Crippen molar-refractivity contribution in [3.63, 3.8) is 0 Å². The third kappa shape index (κ3) is 6.04. The number of carbonyl (C=O) groups is 3. The molecule has 142 valence electrons. The summed E-state index contributed by atoms with van der Waals surface area (Å²) in [5, 5.41) is 16.0. The fourth-order valence-electron chi connectivity index (χ4n) is 1.92. The lowest BCUT2D eigenvalue weighted by Crippen LogP contribution is -2.46.